The number of carbonyl (C=O) groups is 2. The number of benzene rings is 2. The maximum absolute atomic E-state index is 13.6. The molecule has 0 aliphatic carbocycles. The Morgan fingerprint density at radius 3 is 2.18 bits per heavy atom. The van der Waals surface area contributed by atoms with Crippen LogP contribution in [0.25, 0.3) is 0 Å². The van der Waals surface area contributed by atoms with E-state index in [0.29, 0.717) is 4.90 Å². The van der Waals surface area contributed by atoms with Crippen LogP contribution >= 0.6 is 11.8 Å². The summed E-state index contributed by atoms with van der Waals surface area (Å²) in [6, 6.07) is 12.2. The lowest BCUT2D eigenvalue weighted by molar-refractivity contribution is -0.144. The lowest BCUT2D eigenvalue weighted by Crippen LogP contribution is -2.23. The van der Waals surface area contributed by atoms with Crippen molar-refractivity contribution in [1.82, 2.24) is 0 Å². The summed E-state index contributed by atoms with van der Waals surface area (Å²) in [5.74, 6) is -0.913. The maximum atomic E-state index is 13.6. The fourth-order valence-corrected chi connectivity index (χ4v) is 3.49. The number of carbonyl (C=O) groups excluding carboxylic acids is 2. The predicted molar refractivity (Wildman–Crippen MR) is 111 cm³/mol. The van der Waals surface area contributed by atoms with Crippen LogP contribution in [0.5, 0.6) is 0 Å². The van der Waals surface area contributed by atoms with Crippen LogP contribution in [0, 0.1) is 5.82 Å². The molecule has 0 saturated heterocycles. The number of thioether (sulfide) groups is 1. The number of hydrogen-bond acceptors (Lipinski definition) is 4. The van der Waals surface area contributed by atoms with Crippen molar-refractivity contribution in [3.63, 3.8) is 0 Å². The van der Waals surface area contributed by atoms with E-state index in [2.05, 4.69) is 33.0 Å². The second-order valence-electron chi connectivity index (χ2n) is 7.05. The van der Waals surface area contributed by atoms with E-state index in [9.17, 15) is 14.0 Å². The number of anilines is 1. The molecule has 2 aromatic carbocycles. The Morgan fingerprint density at radius 1 is 1.00 bits per heavy atom. The lowest BCUT2D eigenvalue weighted by atomic mass is 9.92. The van der Waals surface area contributed by atoms with Crippen molar-refractivity contribution in [2.24, 2.45) is 0 Å². The Morgan fingerprint density at radius 2 is 1.61 bits per heavy atom. The second-order valence-corrected chi connectivity index (χ2v) is 8.07. The molecule has 0 saturated carbocycles. The van der Waals surface area contributed by atoms with E-state index < -0.39 is 5.97 Å². The molecular weight excluding hydrogens is 377 g/mol. The molecule has 0 spiro atoms. The van der Waals surface area contributed by atoms with Crippen molar-refractivity contribution >= 4 is 29.3 Å². The topological polar surface area (TPSA) is 55.4 Å². The summed E-state index contributed by atoms with van der Waals surface area (Å²) < 4.78 is 18.6. The maximum Gasteiger partial charge on any atom is 0.316 e. The Balaban J connectivity index is 1.94. The molecule has 0 unspecified atom stereocenters. The van der Waals surface area contributed by atoms with Gasteiger partial charge in [-0.05, 0) is 35.1 Å². The minimum atomic E-state index is -0.565. The molecule has 2 rings (SSSR count). The normalized spacial score (nSPS) is 11.0. The Kier molecular flexibility index (Phi) is 8.05. The molecule has 0 fully saturated rings. The van der Waals surface area contributed by atoms with Crippen molar-refractivity contribution in [3.05, 3.63) is 59.4 Å². The van der Waals surface area contributed by atoms with Gasteiger partial charge in [-0.3, -0.25) is 9.59 Å². The summed E-state index contributed by atoms with van der Waals surface area (Å²) in [6.45, 7) is 7.88. The minimum Gasteiger partial charge on any atom is -0.455 e. The van der Waals surface area contributed by atoms with Crippen LogP contribution in [0.15, 0.2) is 47.4 Å². The van der Waals surface area contributed by atoms with Gasteiger partial charge in [-0.15, -0.1) is 11.8 Å². The van der Waals surface area contributed by atoms with E-state index in [1.165, 1.54) is 6.07 Å². The molecule has 0 aliphatic rings. The molecule has 1 amide bonds. The van der Waals surface area contributed by atoms with E-state index >= 15 is 0 Å². The highest BCUT2D eigenvalue weighted by Crippen LogP contribution is 2.32. The standard InChI is InChI=1S/C22H26FNO3S/c1-14(2)16-8-7-9-17(15(3)4)22(16)24-20(25)12-27-21(26)13-28-19-11-6-5-10-18(19)23/h5-11,14-15H,12-13H2,1-4H3,(H,24,25). The van der Waals surface area contributed by atoms with E-state index in [1.807, 2.05) is 18.2 Å². The van der Waals surface area contributed by atoms with Gasteiger partial charge in [-0.1, -0.05) is 58.0 Å². The molecule has 1 N–H and O–H groups in total. The summed E-state index contributed by atoms with van der Waals surface area (Å²) in [7, 11) is 0. The van der Waals surface area contributed by atoms with Crippen molar-refractivity contribution in [1.29, 1.82) is 0 Å². The van der Waals surface area contributed by atoms with Gasteiger partial charge < -0.3 is 10.1 Å². The molecule has 0 aromatic heterocycles. The fourth-order valence-electron chi connectivity index (χ4n) is 2.76. The third kappa shape index (κ3) is 6.09. The van der Waals surface area contributed by atoms with Crippen LogP contribution in [-0.2, 0) is 14.3 Å². The van der Waals surface area contributed by atoms with E-state index in [4.69, 9.17) is 4.74 Å². The number of ether oxygens (including phenoxy) is 1. The first-order chi connectivity index (χ1) is 13.3. The third-order valence-electron chi connectivity index (χ3n) is 4.18. The number of halogens is 1. The van der Waals surface area contributed by atoms with Crippen LogP contribution in [0.1, 0.15) is 50.7 Å². The molecule has 0 radical (unpaired) electrons. The monoisotopic (exact) mass is 403 g/mol. The Bertz CT molecular complexity index is 810. The summed E-state index contributed by atoms with van der Waals surface area (Å²) in [5.41, 5.74) is 2.87. The van der Waals surface area contributed by atoms with Gasteiger partial charge in [0, 0.05) is 10.6 Å². The van der Waals surface area contributed by atoms with Crippen LogP contribution in [0.2, 0.25) is 0 Å². The molecule has 6 heteroatoms. The van der Waals surface area contributed by atoms with Gasteiger partial charge in [0.25, 0.3) is 5.91 Å². The zero-order valence-electron chi connectivity index (χ0n) is 16.6. The van der Waals surface area contributed by atoms with Crippen LogP contribution in [0.3, 0.4) is 0 Å². The molecule has 0 aliphatic heterocycles. The average molecular weight is 404 g/mol. The highest BCUT2D eigenvalue weighted by molar-refractivity contribution is 8.00. The second kappa shape index (κ2) is 10.3. The molecule has 0 bridgehead atoms. The van der Waals surface area contributed by atoms with Gasteiger partial charge in [-0.2, -0.15) is 0 Å². The van der Waals surface area contributed by atoms with E-state index in [1.54, 1.807) is 18.2 Å². The third-order valence-corrected chi connectivity index (χ3v) is 5.21. The summed E-state index contributed by atoms with van der Waals surface area (Å²) >= 11 is 1.04. The smallest absolute Gasteiger partial charge is 0.316 e. The van der Waals surface area contributed by atoms with Crippen LogP contribution in [-0.4, -0.2) is 24.2 Å². The number of para-hydroxylation sites is 1. The number of amides is 1. The van der Waals surface area contributed by atoms with E-state index in [-0.39, 0.29) is 35.9 Å². The van der Waals surface area contributed by atoms with E-state index in [0.717, 1.165) is 28.6 Å². The Labute approximate surface area is 169 Å². The first-order valence-electron chi connectivity index (χ1n) is 9.25. The number of nitrogens with one attached hydrogen (secondary N) is 1. The molecule has 0 atom stereocenters. The molecule has 150 valence electrons. The van der Waals surface area contributed by atoms with Gasteiger partial charge in [0.05, 0.1) is 5.75 Å². The predicted octanol–water partition coefficient (Wildman–Crippen LogP) is 5.35. The fraction of sp³-hybridized carbons (Fsp3) is 0.364. The minimum absolute atomic E-state index is 0.0615. The lowest BCUT2D eigenvalue weighted by Gasteiger charge is -2.20. The van der Waals surface area contributed by atoms with Gasteiger partial charge in [0.1, 0.15) is 5.82 Å². The van der Waals surface area contributed by atoms with Gasteiger partial charge in [-0.25, -0.2) is 4.39 Å². The van der Waals surface area contributed by atoms with Crippen LogP contribution in [0.4, 0.5) is 10.1 Å². The molecule has 4 nitrogen and oxygen atoms in total. The SMILES string of the molecule is CC(C)c1cccc(C(C)C)c1NC(=O)COC(=O)CSc1ccccc1F. The first-order valence-corrected chi connectivity index (χ1v) is 10.2. The van der Waals surface area contributed by atoms with Crippen LogP contribution < -0.4 is 5.32 Å². The summed E-state index contributed by atoms with van der Waals surface area (Å²) in [5, 5.41) is 2.90. The van der Waals surface area contributed by atoms with Crippen molar-refractivity contribution < 1.29 is 18.7 Å². The highest BCUT2D eigenvalue weighted by Gasteiger charge is 2.17. The zero-order chi connectivity index (χ0) is 20.7. The first kappa shape index (κ1) is 22.0. The van der Waals surface area contributed by atoms with Crippen molar-refractivity contribution in [2.75, 3.05) is 17.7 Å². The van der Waals surface area contributed by atoms with Gasteiger partial charge >= 0.3 is 5.97 Å². The van der Waals surface area contributed by atoms with Crippen molar-refractivity contribution in [3.8, 4) is 0 Å². The number of rotatable bonds is 8. The quantitative estimate of drug-likeness (QED) is 0.477. The summed E-state index contributed by atoms with van der Waals surface area (Å²) in [6.07, 6.45) is 0. The van der Waals surface area contributed by atoms with Gasteiger partial charge in [0.2, 0.25) is 0 Å². The molecule has 28 heavy (non-hydrogen) atoms. The number of hydrogen-bond donors (Lipinski definition) is 1. The summed E-state index contributed by atoms with van der Waals surface area (Å²) in [4.78, 5) is 24.6. The molecule has 0 heterocycles. The number of esters is 1. The van der Waals surface area contributed by atoms with Gasteiger partial charge in [0.15, 0.2) is 6.61 Å². The average Bonchev–Trinajstić information content (AvgIpc) is 2.65. The Hall–Kier alpha value is -2.34. The largest absolute Gasteiger partial charge is 0.455 e. The zero-order valence-corrected chi connectivity index (χ0v) is 17.4. The van der Waals surface area contributed by atoms with Crippen molar-refractivity contribution in [2.45, 2.75) is 44.4 Å². The molecular formula is C22H26FNO3S. The highest BCUT2D eigenvalue weighted by atomic mass is 32.2. The molecule has 2 aromatic rings.